The lowest BCUT2D eigenvalue weighted by atomic mass is 10.2. The van der Waals surface area contributed by atoms with E-state index >= 15 is 0 Å². The molecule has 0 bridgehead atoms. The number of carboxylic acids is 1. The van der Waals surface area contributed by atoms with Crippen LogP contribution in [0.3, 0.4) is 0 Å². The Balaban J connectivity index is 3.12. The van der Waals surface area contributed by atoms with Gasteiger partial charge in [-0.3, -0.25) is 0 Å². The molecule has 3 nitrogen and oxygen atoms in total. The average Bonchev–Trinajstić information content (AvgIpc) is 2.03. The zero-order valence-electron chi connectivity index (χ0n) is 6.47. The summed E-state index contributed by atoms with van der Waals surface area (Å²) in [6.07, 6.45) is 0. The van der Waals surface area contributed by atoms with Gasteiger partial charge in [0.25, 0.3) is 0 Å². The summed E-state index contributed by atoms with van der Waals surface area (Å²) in [5, 5.41) is 11.7. The van der Waals surface area contributed by atoms with Gasteiger partial charge in [-0.05, 0) is 18.2 Å². The summed E-state index contributed by atoms with van der Waals surface area (Å²) in [5.74, 6) is -1.01. The average molecular weight is 186 g/mol. The van der Waals surface area contributed by atoms with Gasteiger partial charge >= 0.3 is 5.97 Å². The third-order valence-electron chi connectivity index (χ3n) is 1.49. The second-order valence-corrected chi connectivity index (χ2v) is 2.66. The number of nitrogens with one attached hydrogen (secondary N) is 1. The predicted octanol–water partition coefficient (Wildman–Crippen LogP) is 2.08. The lowest BCUT2D eigenvalue weighted by molar-refractivity contribution is 0.0697. The molecular weight excluding hydrogens is 178 g/mol. The summed E-state index contributed by atoms with van der Waals surface area (Å²) in [7, 11) is 1.74. The van der Waals surface area contributed by atoms with Gasteiger partial charge in [-0.1, -0.05) is 11.6 Å². The van der Waals surface area contributed by atoms with Gasteiger partial charge < -0.3 is 10.4 Å². The van der Waals surface area contributed by atoms with E-state index < -0.39 is 5.97 Å². The van der Waals surface area contributed by atoms with Gasteiger partial charge in [0, 0.05) is 12.7 Å². The van der Waals surface area contributed by atoms with Crippen LogP contribution in [0.5, 0.6) is 0 Å². The van der Waals surface area contributed by atoms with Crippen LogP contribution in [0.1, 0.15) is 10.4 Å². The fourth-order valence-electron chi connectivity index (χ4n) is 0.844. The Bertz CT molecular complexity index is 312. The highest BCUT2D eigenvalue weighted by Gasteiger charge is 2.07. The van der Waals surface area contributed by atoms with Crippen LogP contribution < -0.4 is 5.32 Å². The number of carbonyl (C=O) groups is 1. The van der Waals surface area contributed by atoms with E-state index in [1.54, 1.807) is 19.2 Å². The van der Waals surface area contributed by atoms with Crippen molar-refractivity contribution >= 4 is 23.3 Å². The Morgan fingerprint density at radius 1 is 1.58 bits per heavy atom. The molecule has 0 fully saturated rings. The summed E-state index contributed by atoms with van der Waals surface area (Å²) < 4.78 is 0. The number of hydrogen-bond donors (Lipinski definition) is 2. The highest BCUT2D eigenvalue weighted by molar-refractivity contribution is 6.33. The van der Waals surface area contributed by atoms with E-state index in [-0.39, 0.29) is 10.6 Å². The molecule has 0 aliphatic heterocycles. The van der Waals surface area contributed by atoms with Gasteiger partial charge in [0.05, 0.1) is 10.6 Å². The molecule has 1 aromatic rings. The van der Waals surface area contributed by atoms with Crippen molar-refractivity contribution in [1.82, 2.24) is 0 Å². The Hall–Kier alpha value is -1.22. The van der Waals surface area contributed by atoms with Crippen molar-refractivity contribution in [1.29, 1.82) is 0 Å². The minimum Gasteiger partial charge on any atom is -0.478 e. The molecule has 0 spiro atoms. The number of halogens is 1. The lowest BCUT2D eigenvalue weighted by Crippen LogP contribution is -1.98. The molecular formula is C8H8ClNO2. The summed E-state index contributed by atoms with van der Waals surface area (Å²) in [6.45, 7) is 0. The zero-order valence-corrected chi connectivity index (χ0v) is 7.22. The van der Waals surface area contributed by atoms with Gasteiger partial charge in [0.2, 0.25) is 0 Å². The predicted molar refractivity (Wildman–Crippen MR) is 48.0 cm³/mol. The van der Waals surface area contributed by atoms with Crippen LogP contribution >= 0.6 is 11.6 Å². The van der Waals surface area contributed by atoms with Crippen LogP contribution in [0.15, 0.2) is 18.2 Å². The summed E-state index contributed by atoms with van der Waals surface area (Å²) in [6, 6.07) is 4.71. The zero-order chi connectivity index (χ0) is 9.14. The first kappa shape index (κ1) is 8.87. The highest BCUT2D eigenvalue weighted by Crippen LogP contribution is 2.20. The fraction of sp³-hybridized carbons (Fsp3) is 0.125. The Morgan fingerprint density at radius 3 is 2.67 bits per heavy atom. The first-order valence-electron chi connectivity index (χ1n) is 3.35. The van der Waals surface area contributed by atoms with E-state index in [9.17, 15) is 4.79 Å². The van der Waals surface area contributed by atoms with Crippen molar-refractivity contribution < 1.29 is 9.90 Å². The van der Waals surface area contributed by atoms with Crippen molar-refractivity contribution in [2.24, 2.45) is 0 Å². The third kappa shape index (κ3) is 1.68. The van der Waals surface area contributed by atoms with Gasteiger partial charge in [0.15, 0.2) is 0 Å². The molecule has 4 heteroatoms. The molecule has 0 aliphatic carbocycles. The van der Waals surface area contributed by atoms with Crippen LogP contribution in [-0.2, 0) is 0 Å². The monoisotopic (exact) mass is 185 g/mol. The van der Waals surface area contributed by atoms with Crippen molar-refractivity contribution in [3.8, 4) is 0 Å². The highest BCUT2D eigenvalue weighted by atomic mass is 35.5. The molecule has 0 aromatic heterocycles. The maximum atomic E-state index is 10.5. The van der Waals surface area contributed by atoms with Crippen molar-refractivity contribution in [2.45, 2.75) is 0 Å². The topological polar surface area (TPSA) is 49.3 Å². The molecule has 0 heterocycles. The van der Waals surface area contributed by atoms with Gasteiger partial charge in [-0.15, -0.1) is 0 Å². The number of aromatic carboxylic acids is 1. The molecule has 0 atom stereocenters. The number of hydrogen-bond acceptors (Lipinski definition) is 2. The molecule has 12 heavy (non-hydrogen) atoms. The molecule has 64 valence electrons. The van der Waals surface area contributed by atoms with Crippen molar-refractivity contribution in [2.75, 3.05) is 12.4 Å². The minimum absolute atomic E-state index is 0.121. The molecule has 0 amide bonds. The number of rotatable bonds is 2. The van der Waals surface area contributed by atoms with Crippen molar-refractivity contribution in [3.63, 3.8) is 0 Å². The van der Waals surface area contributed by atoms with E-state index in [2.05, 4.69) is 5.32 Å². The van der Waals surface area contributed by atoms with Gasteiger partial charge in [-0.25, -0.2) is 4.79 Å². The smallest absolute Gasteiger partial charge is 0.337 e. The third-order valence-corrected chi connectivity index (χ3v) is 1.80. The van der Waals surface area contributed by atoms with Crippen LogP contribution in [0.2, 0.25) is 5.02 Å². The molecule has 0 saturated carbocycles. The van der Waals surface area contributed by atoms with Gasteiger partial charge in [0.1, 0.15) is 0 Å². The molecule has 0 unspecified atom stereocenters. The molecule has 2 N–H and O–H groups in total. The summed E-state index contributed by atoms with van der Waals surface area (Å²) >= 11 is 5.68. The maximum Gasteiger partial charge on any atom is 0.337 e. The second kappa shape index (κ2) is 3.45. The normalized spacial score (nSPS) is 9.50. The first-order valence-corrected chi connectivity index (χ1v) is 3.73. The quantitative estimate of drug-likeness (QED) is 0.742. The maximum absolute atomic E-state index is 10.5. The molecule has 1 rings (SSSR count). The lowest BCUT2D eigenvalue weighted by Gasteiger charge is -2.02. The first-order chi connectivity index (χ1) is 5.65. The summed E-state index contributed by atoms with van der Waals surface area (Å²) in [4.78, 5) is 10.5. The SMILES string of the molecule is CNc1ccc(C(=O)O)c(Cl)c1. The molecule has 1 aromatic carbocycles. The minimum atomic E-state index is -1.01. The van der Waals surface area contributed by atoms with E-state index in [0.29, 0.717) is 0 Å². The van der Waals surface area contributed by atoms with E-state index in [1.165, 1.54) is 6.07 Å². The van der Waals surface area contributed by atoms with Gasteiger partial charge in [-0.2, -0.15) is 0 Å². The van der Waals surface area contributed by atoms with E-state index in [0.717, 1.165) is 5.69 Å². The summed E-state index contributed by atoms with van der Waals surface area (Å²) in [5.41, 5.74) is 0.917. The fourth-order valence-corrected chi connectivity index (χ4v) is 1.11. The standard InChI is InChI=1S/C8H8ClNO2/c1-10-5-2-3-6(8(11)12)7(9)4-5/h2-4,10H,1H3,(H,11,12). The molecule has 0 radical (unpaired) electrons. The number of carboxylic acid groups (broad SMARTS) is 1. The van der Waals surface area contributed by atoms with Crippen LogP contribution in [-0.4, -0.2) is 18.1 Å². The van der Waals surface area contributed by atoms with Crippen LogP contribution in [0, 0.1) is 0 Å². The largest absolute Gasteiger partial charge is 0.478 e. The van der Waals surface area contributed by atoms with Crippen molar-refractivity contribution in [3.05, 3.63) is 28.8 Å². The Labute approximate surface area is 75.0 Å². The van der Waals surface area contributed by atoms with Crippen LogP contribution in [0.4, 0.5) is 5.69 Å². The van der Waals surface area contributed by atoms with E-state index in [1.807, 2.05) is 0 Å². The van der Waals surface area contributed by atoms with E-state index in [4.69, 9.17) is 16.7 Å². The molecule has 0 aliphatic rings. The van der Waals surface area contributed by atoms with Crippen LogP contribution in [0.25, 0.3) is 0 Å². The number of benzene rings is 1. The number of anilines is 1. The Morgan fingerprint density at radius 2 is 2.25 bits per heavy atom. The Kier molecular flexibility index (Phi) is 2.55. The molecule has 0 saturated heterocycles. The second-order valence-electron chi connectivity index (χ2n) is 2.25.